The van der Waals surface area contributed by atoms with Crippen LogP contribution in [-0.4, -0.2) is 28.8 Å². The highest BCUT2D eigenvalue weighted by atomic mass is 19.4. The van der Waals surface area contributed by atoms with E-state index >= 15 is 0 Å². The molecule has 0 bridgehead atoms. The minimum atomic E-state index is -4.78. The van der Waals surface area contributed by atoms with Crippen LogP contribution in [0.2, 0.25) is 0 Å². The molecule has 1 atom stereocenters. The summed E-state index contributed by atoms with van der Waals surface area (Å²) in [6, 6.07) is 0. The summed E-state index contributed by atoms with van der Waals surface area (Å²) < 4.78 is 42.1. The molecule has 1 rings (SSSR count). The lowest BCUT2D eigenvalue weighted by Crippen LogP contribution is -2.38. The number of halogens is 3. The van der Waals surface area contributed by atoms with Crippen LogP contribution in [0.1, 0.15) is 17.3 Å². The number of nitrogens with zero attached hydrogens (tertiary/aromatic N) is 1. The van der Waals surface area contributed by atoms with E-state index in [9.17, 15) is 18.0 Å². The first-order valence-corrected chi connectivity index (χ1v) is 5.15. The van der Waals surface area contributed by atoms with Crippen LogP contribution in [0.15, 0.2) is 4.42 Å². The van der Waals surface area contributed by atoms with Crippen LogP contribution in [-0.2, 0) is 11.3 Å². The van der Waals surface area contributed by atoms with Gasteiger partial charge < -0.3 is 14.8 Å². The summed E-state index contributed by atoms with van der Waals surface area (Å²) in [5, 5.41) is 10.8. The standard InChI is InChI=1S/C10H13F3N2O3/c1-5-6(2)18-8(15-5)4-14-3-7(9(16)17)10(11,12)13/h7,14H,3-4H2,1-2H3,(H,16,17). The van der Waals surface area contributed by atoms with E-state index < -0.39 is 24.6 Å². The van der Waals surface area contributed by atoms with Gasteiger partial charge in [-0.3, -0.25) is 4.79 Å². The van der Waals surface area contributed by atoms with E-state index in [-0.39, 0.29) is 12.4 Å². The Morgan fingerprint density at radius 3 is 2.50 bits per heavy atom. The van der Waals surface area contributed by atoms with Crippen molar-refractivity contribution in [3.8, 4) is 0 Å². The Bertz CT molecular complexity index is 409. The molecule has 0 amide bonds. The van der Waals surface area contributed by atoms with Gasteiger partial charge in [-0.2, -0.15) is 13.2 Å². The van der Waals surface area contributed by atoms with Crippen molar-refractivity contribution in [2.24, 2.45) is 5.92 Å². The SMILES string of the molecule is Cc1nc(CNCC(C(=O)O)C(F)(F)F)oc1C. The third kappa shape index (κ3) is 3.73. The van der Waals surface area contributed by atoms with Crippen LogP contribution in [0.3, 0.4) is 0 Å². The second kappa shape index (κ2) is 5.38. The molecule has 2 N–H and O–H groups in total. The third-order valence-corrected chi connectivity index (χ3v) is 2.39. The van der Waals surface area contributed by atoms with Crippen LogP contribution in [0.4, 0.5) is 13.2 Å². The molecule has 8 heteroatoms. The fourth-order valence-corrected chi connectivity index (χ4v) is 1.28. The Kier molecular flexibility index (Phi) is 4.33. The third-order valence-electron chi connectivity index (χ3n) is 2.39. The summed E-state index contributed by atoms with van der Waals surface area (Å²) in [7, 11) is 0. The van der Waals surface area contributed by atoms with Crippen molar-refractivity contribution in [3.63, 3.8) is 0 Å². The first kappa shape index (κ1) is 14.5. The monoisotopic (exact) mass is 266 g/mol. The number of carboxylic acid groups (broad SMARTS) is 1. The highest BCUT2D eigenvalue weighted by Crippen LogP contribution is 2.25. The van der Waals surface area contributed by atoms with Crippen molar-refractivity contribution in [2.75, 3.05) is 6.54 Å². The minimum absolute atomic E-state index is 0.0471. The number of rotatable bonds is 5. The van der Waals surface area contributed by atoms with Crippen molar-refractivity contribution < 1.29 is 27.5 Å². The van der Waals surface area contributed by atoms with Crippen molar-refractivity contribution in [1.29, 1.82) is 0 Å². The lowest BCUT2D eigenvalue weighted by Gasteiger charge is -2.15. The Labute approximate surface area is 101 Å². The highest BCUT2D eigenvalue weighted by molar-refractivity contribution is 5.71. The first-order valence-electron chi connectivity index (χ1n) is 5.15. The molecule has 0 aliphatic heterocycles. The normalized spacial score (nSPS) is 13.6. The van der Waals surface area contributed by atoms with Crippen LogP contribution < -0.4 is 5.32 Å². The number of carboxylic acids is 1. The maximum absolute atomic E-state index is 12.3. The molecule has 0 saturated carbocycles. The molecule has 0 aliphatic rings. The van der Waals surface area contributed by atoms with Gasteiger partial charge in [-0.15, -0.1) is 0 Å². The maximum atomic E-state index is 12.3. The zero-order valence-electron chi connectivity index (χ0n) is 9.84. The number of nitrogens with one attached hydrogen (secondary N) is 1. The summed E-state index contributed by atoms with van der Waals surface area (Å²) in [6.07, 6.45) is -4.78. The molecule has 18 heavy (non-hydrogen) atoms. The number of hydrogen-bond donors (Lipinski definition) is 2. The van der Waals surface area contributed by atoms with Gasteiger partial charge >= 0.3 is 12.1 Å². The van der Waals surface area contributed by atoms with Gasteiger partial charge in [-0.05, 0) is 13.8 Å². The van der Waals surface area contributed by atoms with Crippen LogP contribution in [0.5, 0.6) is 0 Å². The number of alkyl halides is 3. The molecule has 0 fully saturated rings. The van der Waals surface area contributed by atoms with E-state index in [1.165, 1.54) is 0 Å². The summed E-state index contributed by atoms with van der Waals surface area (Å²) in [4.78, 5) is 14.4. The average Bonchev–Trinajstić information content (AvgIpc) is 2.51. The van der Waals surface area contributed by atoms with Crippen molar-refractivity contribution >= 4 is 5.97 Å². The molecule has 5 nitrogen and oxygen atoms in total. The molecular formula is C10H13F3N2O3. The summed E-state index contributed by atoms with van der Waals surface area (Å²) in [5.74, 6) is -3.53. The fraction of sp³-hybridized carbons (Fsp3) is 0.600. The molecule has 1 unspecified atom stereocenters. The number of hydrogen-bond acceptors (Lipinski definition) is 4. The first-order chi connectivity index (χ1) is 8.21. The second-order valence-electron chi connectivity index (χ2n) is 3.81. The van der Waals surface area contributed by atoms with E-state index in [2.05, 4.69) is 10.3 Å². The molecule has 0 aromatic carbocycles. The Morgan fingerprint density at radius 1 is 1.50 bits per heavy atom. The summed E-state index contributed by atoms with van der Waals surface area (Å²) in [6.45, 7) is 2.62. The highest BCUT2D eigenvalue weighted by Gasteiger charge is 2.44. The van der Waals surface area contributed by atoms with Crippen molar-refractivity contribution in [2.45, 2.75) is 26.6 Å². The van der Waals surface area contributed by atoms with Crippen LogP contribution >= 0.6 is 0 Å². The lowest BCUT2D eigenvalue weighted by atomic mass is 10.1. The Hall–Kier alpha value is -1.57. The zero-order chi connectivity index (χ0) is 13.9. The van der Waals surface area contributed by atoms with Gasteiger partial charge in [0.15, 0.2) is 5.92 Å². The topological polar surface area (TPSA) is 75.4 Å². The predicted molar refractivity (Wildman–Crippen MR) is 54.9 cm³/mol. The number of aryl methyl sites for hydroxylation is 2. The number of aliphatic carboxylic acids is 1. The van der Waals surface area contributed by atoms with Gasteiger partial charge in [0.25, 0.3) is 0 Å². The molecule has 1 aromatic heterocycles. The fourth-order valence-electron chi connectivity index (χ4n) is 1.28. The lowest BCUT2D eigenvalue weighted by molar-refractivity contribution is -0.192. The minimum Gasteiger partial charge on any atom is -0.481 e. The molecule has 1 heterocycles. The molecule has 102 valence electrons. The quantitative estimate of drug-likeness (QED) is 0.847. The van der Waals surface area contributed by atoms with Gasteiger partial charge in [-0.25, -0.2) is 4.98 Å². The number of aromatic nitrogens is 1. The molecule has 0 spiro atoms. The smallest absolute Gasteiger partial charge is 0.403 e. The summed E-state index contributed by atoms with van der Waals surface area (Å²) >= 11 is 0. The van der Waals surface area contributed by atoms with Gasteiger partial charge in [-0.1, -0.05) is 0 Å². The van der Waals surface area contributed by atoms with Crippen LogP contribution in [0, 0.1) is 19.8 Å². The maximum Gasteiger partial charge on any atom is 0.403 e. The van der Waals surface area contributed by atoms with E-state index in [0.717, 1.165) is 0 Å². The van der Waals surface area contributed by atoms with E-state index in [4.69, 9.17) is 9.52 Å². The molecule has 1 aromatic rings. The Balaban J connectivity index is 2.52. The van der Waals surface area contributed by atoms with E-state index in [0.29, 0.717) is 11.5 Å². The van der Waals surface area contributed by atoms with Gasteiger partial charge in [0, 0.05) is 6.54 Å². The molecular weight excluding hydrogens is 253 g/mol. The summed E-state index contributed by atoms with van der Waals surface area (Å²) in [5.41, 5.74) is 0.650. The van der Waals surface area contributed by atoms with Gasteiger partial charge in [0.05, 0.1) is 12.2 Å². The van der Waals surface area contributed by atoms with Gasteiger partial charge in [0.1, 0.15) is 5.76 Å². The van der Waals surface area contributed by atoms with E-state index in [1.807, 2.05) is 0 Å². The molecule has 0 saturated heterocycles. The Morgan fingerprint density at radius 2 is 2.11 bits per heavy atom. The molecule has 0 radical (unpaired) electrons. The van der Waals surface area contributed by atoms with E-state index in [1.54, 1.807) is 13.8 Å². The predicted octanol–water partition coefficient (Wildman–Crippen LogP) is 1.64. The molecule has 0 aliphatic carbocycles. The largest absolute Gasteiger partial charge is 0.481 e. The number of carbonyl (C=O) groups is 1. The number of oxazole rings is 1. The average molecular weight is 266 g/mol. The van der Waals surface area contributed by atoms with Crippen LogP contribution in [0.25, 0.3) is 0 Å². The second-order valence-corrected chi connectivity index (χ2v) is 3.81. The van der Waals surface area contributed by atoms with Crippen molar-refractivity contribution in [3.05, 3.63) is 17.3 Å². The van der Waals surface area contributed by atoms with Gasteiger partial charge in [0.2, 0.25) is 5.89 Å². The van der Waals surface area contributed by atoms with Crippen molar-refractivity contribution in [1.82, 2.24) is 10.3 Å². The zero-order valence-corrected chi connectivity index (χ0v) is 9.84.